The second-order valence-corrected chi connectivity index (χ2v) is 5.49. The van der Waals surface area contributed by atoms with E-state index < -0.39 is 12.2 Å². The number of hydrogen-bond donors (Lipinski definition) is 0. The van der Waals surface area contributed by atoms with Crippen LogP contribution in [0.25, 0.3) is 5.73 Å². The van der Waals surface area contributed by atoms with Gasteiger partial charge in [0.25, 0.3) is 0 Å². The third-order valence-corrected chi connectivity index (χ3v) is 4.13. The second kappa shape index (κ2) is 8.80. The summed E-state index contributed by atoms with van der Waals surface area (Å²) in [5.41, 5.74) is 7.65. The second-order valence-electron chi connectivity index (χ2n) is 3.97. The zero-order valence-electron chi connectivity index (χ0n) is 10.6. The molecular weight excluding hydrogens is 518 g/mol. The van der Waals surface area contributed by atoms with Crippen LogP contribution >= 0.6 is 23.4 Å². The number of halogens is 2. The maximum atomic E-state index is 13.9. The van der Waals surface area contributed by atoms with Crippen molar-refractivity contribution in [3.63, 3.8) is 0 Å². The Morgan fingerprint density at radius 2 is 2.30 bits per heavy atom. The zero-order chi connectivity index (χ0) is 13.8. The average molecular weight is 531 g/mol. The Morgan fingerprint density at radius 3 is 2.85 bits per heavy atom. The van der Waals surface area contributed by atoms with E-state index in [9.17, 15) is 9.18 Å². The first-order valence-electron chi connectivity index (χ1n) is 5.76. The van der Waals surface area contributed by atoms with E-state index in [-0.39, 0.29) is 63.0 Å². The van der Waals surface area contributed by atoms with E-state index >= 15 is 0 Å². The number of anilines is 1. The molecule has 1 fully saturated rings. The Hall–Kier alpha value is 0.462. The van der Waals surface area contributed by atoms with Crippen LogP contribution in [0, 0.1) is 49.9 Å². The van der Waals surface area contributed by atoms with E-state index in [2.05, 4.69) is 0 Å². The number of hydrogen-bond acceptors (Lipinski definition) is 3. The van der Waals surface area contributed by atoms with Crippen LogP contribution in [-0.2, 0) is 4.74 Å². The van der Waals surface area contributed by atoms with Gasteiger partial charge in [0, 0.05) is 60.6 Å². The molecule has 0 aliphatic carbocycles. The largest absolute Gasteiger partial charge is 0.674 e. The monoisotopic (exact) mass is 530 g/mol. The predicted octanol–water partition coefficient (Wildman–Crippen LogP) is 3.53. The zero-order valence-corrected chi connectivity index (χ0v) is 17.0. The van der Waals surface area contributed by atoms with Gasteiger partial charge in [0.15, 0.2) is 0 Å². The maximum Gasteiger partial charge on any atom is 0.414 e. The van der Waals surface area contributed by atoms with Crippen molar-refractivity contribution in [2.75, 3.05) is 29.6 Å². The molecule has 8 heteroatoms. The van der Waals surface area contributed by atoms with Gasteiger partial charge in [0.1, 0.15) is 11.9 Å². The van der Waals surface area contributed by atoms with E-state index in [1.54, 1.807) is 12.1 Å². The minimum atomic E-state index is -0.530. The number of thioether (sulfide) groups is 1. The maximum absolute atomic E-state index is 13.9. The molecule has 1 N–H and O–H groups in total. The van der Waals surface area contributed by atoms with Crippen LogP contribution in [0.3, 0.4) is 0 Å². The Labute approximate surface area is 162 Å². The van der Waals surface area contributed by atoms with E-state index in [0.717, 1.165) is 0 Å². The fourth-order valence-corrected chi connectivity index (χ4v) is 2.65. The molecule has 0 bridgehead atoms. The van der Waals surface area contributed by atoms with Gasteiger partial charge in [-0.25, -0.2) is 9.18 Å². The SMILES string of the molecule is [Ac].[NH-]C[C@H]1CN(c2ccc(SCCCl)c(F)c2)C(=O)O1. The van der Waals surface area contributed by atoms with Crippen LogP contribution in [0.15, 0.2) is 23.1 Å². The van der Waals surface area contributed by atoms with Crippen molar-refractivity contribution < 1.29 is 58.0 Å². The average Bonchev–Trinajstić information content (AvgIpc) is 2.78. The van der Waals surface area contributed by atoms with Crippen molar-refractivity contribution in [3.8, 4) is 0 Å². The number of rotatable bonds is 5. The predicted molar refractivity (Wildman–Crippen MR) is 74.6 cm³/mol. The molecule has 1 aliphatic rings. The molecule has 1 aromatic rings. The summed E-state index contributed by atoms with van der Waals surface area (Å²) in [4.78, 5) is 13.4. The van der Waals surface area contributed by atoms with Crippen molar-refractivity contribution in [1.82, 2.24) is 0 Å². The molecule has 1 saturated heterocycles. The number of carbonyl (C=O) groups is 1. The van der Waals surface area contributed by atoms with Gasteiger partial charge in [-0.2, -0.15) is 0 Å². The summed E-state index contributed by atoms with van der Waals surface area (Å²) in [6, 6.07) is 4.61. The summed E-state index contributed by atoms with van der Waals surface area (Å²) in [7, 11) is 0. The van der Waals surface area contributed by atoms with Gasteiger partial charge in [-0.1, -0.05) is 0 Å². The van der Waals surface area contributed by atoms with Gasteiger partial charge in [-0.05, 0) is 18.2 Å². The van der Waals surface area contributed by atoms with E-state index in [1.807, 2.05) is 0 Å². The molecule has 1 radical (unpaired) electrons. The summed E-state index contributed by atoms with van der Waals surface area (Å²) >= 11 is 6.89. The van der Waals surface area contributed by atoms with Crippen LogP contribution in [0.4, 0.5) is 14.9 Å². The molecule has 2 rings (SSSR count). The Bertz CT molecular complexity index is 481. The van der Waals surface area contributed by atoms with Crippen LogP contribution in [-0.4, -0.2) is 36.9 Å². The Kier molecular flexibility index (Phi) is 8.14. The molecule has 4 nitrogen and oxygen atoms in total. The molecule has 1 aromatic carbocycles. The van der Waals surface area contributed by atoms with E-state index in [4.69, 9.17) is 22.1 Å². The molecule has 0 unspecified atom stereocenters. The number of nitrogens with one attached hydrogen (secondary N) is 1. The van der Waals surface area contributed by atoms with Gasteiger partial charge in [0.2, 0.25) is 0 Å². The minimum absolute atomic E-state index is 0. The normalized spacial score (nSPS) is 17.9. The molecule has 0 saturated carbocycles. The van der Waals surface area contributed by atoms with E-state index in [1.165, 1.54) is 22.7 Å². The first-order chi connectivity index (χ1) is 9.15. The molecule has 20 heavy (non-hydrogen) atoms. The molecule has 1 amide bonds. The molecule has 1 aliphatic heterocycles. The fourth-order valence-electron chi connectivity index (χ4n) is 1.76. The Morgan fingerprint density at radius 1 is 1.55 bits per heavy atom. The summed E-state index contributed by atoms with van der Waals surface area (Å²) in [6.45, 7) is 0.296. The first kappa shape index (κ1) is 18.5. The van der Waals surface area contributed by atoms with Crippen molar-refractivity contribution in [2.45, 2.75) is 11.0 Å². The number of amides is 1. The molecule has 0 aromatic heterocycles. The van der Waals surface area contributed by atoms with Crippen molar-refractivity contribution in [2.24, 2.45) is 0 Å². The van der Waals surface area contributed by atoms with Crippen molar-refractivity contribution in [3.05, 3.63) is 29.7 Å². The van der Waals surface area contributed by atoms with Crippen LogP contribution in [0.1, 0.15) is 0 Å². The number of cyclic esters (lactones) is 1. The first-order valence-corrected chi connectivity index (χ1v) is 7.28. The van der Waals surface area contributed by atoms with Gasteiger partial charge >= 0.3 is 6.09 Å². The number of carbonyl (C=O) groups excluding carboxylic acids is 1. The smallest absolute Gasteiger partial charge is 0.414 e. The third kappa shape index (κ3) is 4.48. The summed E-state index contributed by atoms with van der Waals surface area (Å²) in [5.74, 6) is 0.703. The van der Waals surface area contributed by atoms with Crippen molar-refractivity contribution in [1.29, 1.82) is 0 Å². The third-order valence-electron chi connectivity index (χ3n) is 2.66. The van der Waals surface area contributed by atoms with Gasteiger partial charge in [-0.3, -0.25) is 4.90 Å². The Balaban J connectivity index is 0.00000200. The van der Waals surface area contributed by atoms with Crippen LogP contribution in [0.5, 0.6) is 0 Å². The standard InChI is InChI=1S/C12H13ClFN2O2S.Ac/c13-3-4-19-11-2-1-8(5-10(11)14)16-7-9(6-15)18-12(16)17;/h1-2,5,9,15H,3-4,6-7H2;/q-1;/t9-;/m0./s1. The number of ether oxygens (including phenoxy) is 1. The minimum Gasteiger partial charge on any atom is -0.674 e. The summed E-state index contributed by atoms with van der Waals surface area (Å²) in [5, 5.41) is 0. The molecular formula is C12H13AcClFN2O2S-. The van der Waals surface area contributed by atoms with Crippen molar-refractivity contribution >= 4 is 35.1 Å². The quantitative estimate of drug-likeness (QED) is 0.432. The topological polar surface area (TPSA) is 53.3 Å². The van der Waals surface area contributed by atoms with Crippen LogP contribution < -0.4 is 4.90 Å². The fraction of sp³-hybridized carbons (Fsp3) is 0.417. The number of nitrogens with zero attached hydrogens (tertiary/aromatic N) is 1. The van der Waals surface area contributed by atoms with Gasteiger partial charge in [-0.15, -0.1) is 29.9 Å². The van der Waals surface area contributed by atoms with E-state index in [0.29, 0.717) is 22.2 Å². The molecule has 0 spiro atoms. The summed E-state index contributed by atoms with van der Waals surface area (Å²) in [6.07, 6.45) is -0.973. The van der Waals surface area contributed by atoms with Gasteiger partial charge < -0.3 is 10.5 Å². The van der Waals surface area contributed by atoms with Crippen LogP contribution in [0.2, 0.25) is 0 Å². The summed E-state index contributed by atoms with van der Waals surface area (Å²) < 4.78 is 18.8. The number of alkyl halides is 1. The molecule has 107 valence electrons. The number of benzene rings is 1. The molecule has 1 heterocycles. The van der Waals surface area contributed by atoms with Gasteiger partial charge in [0.05, 0.1) is 12.2 Å². The molecule has 1 atom stereocenters.